The zero-order valence-electron chi connectivity index (χ0n) is 20.2. The topological polar surface area (TPSA) is 92.6 Å². The number of thioether (sulfide) groups is 1. The van der Waals surface area contributed by atoms with E-state index in [1.807, 2.05) is 61.5 Å². The molecule has 1 aliphatic heterocycles. The summed E-state index contributed by atoms with van der Waals surface area (Å²) in [6, 6.07) is 22.5. The average Bonchev–Trinajstić information content (AvgIpc) is 3.51. The number of anilines is 1. The number of aliphatic hydroxyl groups is 1. The van der Waals surface area contributed by atoms with Gasteiger partial charge in [0.05, 0.1) is 18.2 Å². The van der Waals surface area contributed by atoms with Crippen LogP contribution in [0.2, 0.25) is 5.02 Å². The summed E-state index contributed by atoms with van der Waals surface area (Å²) in [6.45, 7) is 2.38. The van der Waals surface area contributed by atoms with Crippen molar-refractivity contribution in [1.82, 2.24) is 10.2 Å². The van der Waals surface area contributed by atoms with E-state index in [0.29, 0.717) is 38.6 Å². The second-order valence-corrected chi connectivity index (χ2v) is 10.9. The molecule has 1 atom stereocenters. The van der Waals surface area contributed by atoms with E-state index in [4.69, 9.17) is 16.3 Å². The molecular weight excluding hydrogens is 542 g/mol. The van der Waals surface area contributed by atoms with Crippen molar-refractivity contribution >= 4 is 57.3 Å². The number of aliphatic hydroxyl groups excluding tert-OH is 1. The number of benzene rings is 3. The van der Waals surface area contributed by atoms with Crippen LogP contribution in [0.5, 0.6) is 5.75 Å². The number of Topliss-reactive ketones (excluding diaryl/α,β-unsaturated/α-hetero) is 1. The minimum Gasteiger partial charge on any atom is -0.507 e. The molecule has 0 spiro atoms. The van der Waals surface area contributed by atoms with Crippen molar-refractivity contribution in [2.24, 2.45) is 0 Å². The Kier molecular flexibility index (Phi) is 7.78. The van der Waals surface area contributed by atoms with Crippen LogP contribution in [0.3, 0.4) is 0 Å². The van der Waals surface area contributed by atoms with Crippen molar-refractivity contribution in [3.05, 3.63) is 106 Å². The maximum atomic E-state index is 13.3. The van der Waals surface area contributed by atoms with Crippen LogP contribution in [-0.2, 0) is 15.3 Å². The summed E-state index contributed by atoms with van der Waals surface area (Å²) in [4.78, 5) is 28.0. The molecule has 0 radical (unpaired) electrons. The summed E-state index contributed by atoms with van der Waals surface area (Å²) in [7, 11) is 0. The molecule has 1 aliphatic rings. The largest absolute Gasteiger partial charge is 0.507 e. The molecular formula is C28H22ClN3O4S2. The van der Waals surface area contributed by atoms with Crippen LogP contribution in [0, 0.1) is 0 Å². The highest BCUT2D eigenvalue weighted by Crippen LogP contribution is 2.44. The molecule has 10 heteroatoms. The minimum absolute atomic E-state index is 0.00849. The molecule has 5 rings (SSSR count). The van der Waals surface area contributed by atoms with Gasteiger partial charge in [-0.3, -0.25) is 14.5 Å². The molecule has 7 nitrogen and oxygen atoms in total. The third kappa shape index (κ3) is 5.18. The van der Waals surface area contributed by atoms with Gasteiger partial charge in [0.25, 0.3) is 5.78 Å². The van der Waals surface area contributed by atoms with Crippen LogP contribution in [0.1, 0.15) is 29.7 Å². The molecule has 0 saturated carbocycles. The predicted octanol–water partition coefficient (Wildman–Crippen LogP) is 6.51. The molecule has 1 saturated heterocycles. The molecule has 1 unspecified atom stereocenters. The molecule has 38 heavy (non-hydrogen) atoms. The first-order valence-corrected chi connectivity index (χ1v) is 13.9. The lowest BCUT2D eigenvalue weighted by atomic mass is 9.95. The Morgan fingerprint density at radius 2 is 1.74 bits per heavy atom. The molecule has 1 N–H and O–H groups in total. The summed E-state index contributed by atoms with van der Waals surface area (Å²) in [5.74, 6) is -0.608. The number of ketones is 1. The third-order valence-electron chi connectivity index (χ3n) is 5.91. The Morgan fingerprint density at radius 1 is 1.03 bits per heavy atom. The second kappa shape index (κ2) is 11.4. The third-order valence-corrected chi connectivity index (χ3v) is 8.38. The zero-order valence-corrected chi connectivity index (χ0v) is 22.6. The number of carbonyl (C=O) groups excluding carboxylic acids is 2. The van der Waals surface area contributed by atoms with Gasteiger partial charge >= 0.3 is 5.91 Å². The van der Waals surface area contributed by atoms with Crippen molar-refractivity contribution in [3.63, 3.8) is 0 Å². The number of amides is 1. The molecule has 1 fully saturated rings. The summed E-state index contributed by atoms with van der Waals surface area (Å²) in [5.41, 5.74) is 2.02. The smallest absolute Gasteiger partial charge is 0.301 e. The Bertz CT molecular complexity index is 1510. The number of ether oxygens (including phenoxy) is 1. The van der Waals surface area contributed by atoms with Gasteiger partial charge in [-0.25, -0.2) is 0 Å². The fraction of sp³-hybridized carbons (Fsp3) is 0.143. The zero-order chi connectivity index (χ0) is 26.6. The molecule has 2 heterocycles. The van der Waals surface area contributed by atoms with E-state index in [0.717, 1.165) is 5.56 Å². The highest BCUT2D eigenvalue weighted by atomic mass is 35.5. The lowest BCUT2D eigenvalue weighted by molar-refractivity contribution is -0.132. The molecule has 0 aliphatic carbocycles. The highest BCUT2D eigenvalue weighted by Gasteiger charge is 2.48. The number of halogens is 1. The summed E-state index contributed by atoms with van der Waals surface area (Å²) in [6.07, 6.45) is 0. The van der Waals surface area contributed by atoms with Crippen LogP contribution in [0.15, 0.2) is 88.8 Å². The summed E-state index contributed by atoms with van der Waals surface area (Å²) >= 11 is 8.92. The number of hydrogen-bond donors (Lipinski definition) is 1. The van der Waals surface area contributed by atoms with Gasteiger partial charge in [-0.05, 0) is 48.4 Å². The van der Waals surface area contributed by atoms with Gasteiger partial charge in [0.15, 0.2) is 4.34 Å². The lowest BCUT2D eigenvalue weighted by Gasteiger charge is -2.22. The van der Waals surface area contributed by atoms with Crippen molar-refractivity contribution < 1.29 is 19.4 Å². The molecule has 1 aromatic heterocycles. The van der Waals surface area contributed by atoms with Crippen LogP contribution in [0.25, 0.3) is 5.76 Å². The molecule has 192 valence electrons. The van der Waals surface area contributed by atoms with Crippen LogP contribution in [-0.4, -0.2) is 33.6 Å². The average molecular weight is 564 g/mol. The van der Waals surface area contributed by atoms with E-state index in [1.54, 1.807) is 24.3 Å². The van der Waals surface area contributed by atoms with Crippen molar-refractivity contribution in [2.45, 2.75) is 23.1 Å². The monoisotopic (exact) mass is 563 g/mol. The Labute approximate surface area is 232 Å². The van der Waals surface area contributed by atoms with Gasteiger partial charge in [-0.1, -0.05) is 83.2 Å². The quantitative estimate of drug-likeness (QED) is 0.0858. The van der Waals surface area contributed by atoms with Gasteiger partial charge in [0.2, 0.25) is 5.13 Å². The number of aromatic nitrogens is 2. The fourth-order valence-electron chi connectivity index (χ4n) is 4.12. The van der Waals surface area contributed by atoms with Gasteiger partial charge in [-0.2, -0.15) is 0 Å². The number of nitrogens with zero attached hydrogens (tertiary/aromatic N) is 3. The first-order chi connectivity index (χ1) is 18.5. The highest BCUT2D eigenvalue weighted by molar-refractivity contribution is 8.00. The van der Waals surface area contributed by atoms with Gasteiger partial charge in [-0.15, -0.1) is 10.2 Å². The van der Waals surface area contributed by atoms with E-state index in [-0.39, 0.29) is 16.5 Å². The maximum Gasteiger partial charge on any atom is 0.301 e. The SMILES string of the molecule is CCOc1ccc(/C(O)=C2/C(=O)C(=O)N(c3nnc(SCc4ccccc4Cl)s3)C2c2ccccc2)cc1. The van der Waals surface area contributed by atoms with Gasteiger partial charge in [0.1, 0.15) is 11.5 Å². The summed E-state index contributed by atoms with van der Waals surface area (Å²) in [5, 5.41) is 20.7. The van der Waals surface area contributed by atoms with E-state index in [9.17, 15) is 14.7 Å². The van der Waals surface area contributed by atoms with E-state index in [1.165, 1.54) is 28.0 Å². The molecule has 3 aromatic carbocycles. The van der Waals surface area contributed by atoms with Crippen LogP contribution >= 0.6 is 34.7 Å². The lowest BCUT2D eigenvalue weighted by Crippen LogP contribution is -2.29. The van der Waals surface area contributed by atoms with Gasteiger partial charge in [0, 0.05) is 16.3 Å². The predicted molar refractivity (Wildman–Crippen MR) is 150 cm³/mol. The standard InChI is InChI=1S/C28H22ClN3O4S2/c1-2-36-20-14-12-18(13-15-20)24(33)22-23(17-8-4-3-5-9-17)32(26(35)25(22)34)27-30-31-28(38-27)37-16-19-10-6-7-11-21(19)29/h3-15,23,33H,2,16H2,1H3/b24-22-. The fourth-order valence-corrected chi connectivity index (χ4v) is 6.28. The molecule has 4 aromatic rings. The van der Waals surface area contributed by atoms with Crippen LogP contribution in [0.4, 0.5) is 5.13 Å². The normalized spacial score (nSPS) is 16.7. The minimum atomic E-state index is -0.864. The molecule has 1 amide bonds. The van der Waals surface area contributed by atoms with Crippen molar-refractivity contribution in [1.29, 1.82) is 0 Å². The number of hydrogen-bond acceptors (Lipinski definition) is 8. The Hall–Kier alpha value is -3.66. The molecule has 0 bridgehead atoms. The Morgan fingerprint density at radius 3 is 2.45 bits per heavy atom. The maximum absolute atomic E-state index is 13.3. The van der Waals surface area contributed by atoms with Crippen LogP contribution < -0.4 is 9.64 Å². The first-order valence-electron chi connectivity index (χ1n) is 11.8. The van der Waals surface area contributed by atoms with E-state index in [2.05, 4.69) is 10.2 Å². The summed E-state index contributed by atoms with van der Waals surface area (Å²) < 4.78 is 6.10. The first kappa shape index (κ1) is 26.0. The second-order valence-electron chi connectivity index (χ2n) is 8.27. The van der Waals surface area contributed by atoms with Gasteiger partial charge < -0.3 is 9.84 Å². The van der Waals surface area contributed by atoms with Crippen molar-refractivity contribution in [2.75, 3.05) is 11.5 Å². The van der Waals surface area contributed by atoms with E-state index < -0.39 is 17.7 Å². The number of rotatable bonds is 8. The number of carbonyl (C=O) groups is 2. The Balaban J connectivity index is 1.51. The van der Waals surface area contributed by atoms with Crippen molar-refractivity contribution in [3.8, 4) is 5.75 Å². The van der Waals surface area contributed by atoms with E-state index >= 15 is 0 Å².